The molecular weight excluding hydrogens is 217 g/mol. The molecule has 1 N–H and O–H groups in total. The van der Waals surface area contributed by atoms with E-state index in [9.17, 15) is 5.11 Å². The van der Waals surface area contributed by atoms with E-state index in [1.807, 2.05) is 31.2 Å². The molecule has 3 heteroatoms. The van der Waals surface area contributed by atoms with Crippen LogP contribution >= 0.6 is 0 Å². The third-order valence-corrected chi connectivity index (χ3v) is 2.63. The van der Waals surface area contributed by atoms with Crippen molar-refractivity contribution < 1.29 is 5.11 Å². The topological polar surface area (TPSA) is 32.6 Å². The number of benzene rings is 2. The van der Waals surface area contributed by atoms with E-state index in [2.05, 4.69) is 18.0 Å². The monoisotopic (exact) mass is 233 g/mol. The molecule has 2 nitrogen and oxygen atoms in total. The second-order valence-corrected chi connectivity index (χ2v) is 4.11. The van der Waals surface area contributed by atoms with Gasteiger partial charge in [0.05, 0.1) is 5.69 Å². The van der Waals surface area contributed by atoms with Crippen LogP contribution in [0.25, 0.3) is 0 Å². The molecule has 0 atom stereocenters. The molecule has 0 saturated carbocycles. The quantitative estimate of drug-likeness (QED) is 0.627. The summed E-state index contributed by atoms with van der Waals surface area (Å²) in [6.07, 6.45) is 1.69. The first-order valence-corrected chi connectivity index (χ1v) is 5.56. The molecule has 0 radical (unpaired) electrons. The fourth-order valence-electron chi connectivity index (χ4n) is 1.69. The van der Waals surface area contributed by atoms with Crippen LogP contribution in [0.1, 0.15) is 16.7 Å². The second kappa shape index (κ2) is 6.44. The van der Waals surface area contributed by atoms with E-state index in [0.29, 0.717) is 0 Å². The van der Waals surface area contributed by atoms with Gasteiger partial charge in [0, 0.05) is 11.8 Å². The van der Waals surface area contributed by atoms with Crippen molar-refractivity contribution in [3.05, 3.63) is 59.2 Å². The summed E-state index contributed by atoms with van der Waals surface area (Å²) in [6.45, 7) is 4.09. The Balaban J connectivity index is 0.00000162. The summed E-state index contributed by atoms with van der Waals surface area (Å²) in [7, 11) is 0. The molecule has 0 aromatic heterocycles. The fourth-order valence-corrected chi connectivity index (χ4v) is 1.69. The molecule has 0 aliphatic heterocycles. The van der Waals surface area contributed by atoms with Crippen molar-refractivity contribution in [3.8, 4) is 5.75 Å². The molecular formula is C15H16LiNO. The molecule has 0 heterocycles. The molecule has 0 fully saturated rings. The van der Waals surface area contributed by atoms with E-state index in [-0.39, 0.29) is 24.6 Å². The summed E-state index contributed by atoms with van der Waals surface area (Å²) in [5, 5.41) is 9.61. The van der Waals surface area contributed by atoms with Crippen molar-refractivity contribution in [1.29, 1.82) is 0 Å². The Morgan fingerprint density at radius 3 is 2.44 bits per heavy atom. The number of aliphatic imine (C=N–C) groups is 1. The van der Waals surface area contributed by atoms with Gasteiger partial charge in [0.2, 0.25) is 0 Å². The first-order chi connectivity index (χ1) is 8.16. The summed E-state index contributed by atoms with van der Waals surface area (Å²) in [5.74, 6) is 0.251. The zero-order valence-corrected chi connectivity index (χ0v) is 10.0. The van der Waals surface area contributed by atoms with Crippen LogP contribution in [0.4, 0.5) is 5.69 Å². The summed E-state index contributed by atoms with van der Waals surface area (Å²) in [6, 6.07) is 13.3. The number of hydrogen-bond acceptors (Lipinski definition) is 2. The van der Waals surface area contributed by atoms with Crippen LogP contribution < -0.4 is 0 Å². The Labute approximate surface area is 120 Å². The average Bonchev–Trinajstić information content (AvgIpc) is 2.30. The van der Waals surface area contributed by atoms with Crippen molar-refractivity contribution in [2.45, 2.75) is 13.8 Å². The van der Waals surface area contributed by atoms with Gasteiger partial charge in [0.25, 0.3) is 0 Å². The summed E-state index contributed by atoms with van der Waals surface area (Å²) in [5.41, 5.74) is 4.02. The van der Waals surface area contributed by atoms with Gasteiger partial charge in [-0.05, 0) is 37.6 Å². The summed E-state index contributed by atoms with van der Waals surface area (Å²) < 4.78 is 0. The summed E-state index contributed by atoms with van der Waals surface area (Å²) in [4.78, 5) is 4.39. The second-order valence-electron chi connectivity index (χ2n) is 4.11. The first kappa shape index (κ1) is 14.6. The molecule has 2 aromatic rings. The van der Waals surface area contributed by atoms with E-state index in [1.54, 1.807) is 18.3 Å². The molecule has 0 saturated heterocycles. The van der Waals surface area contributed by atoms with Crippen LogP contribution in [0.15, 0.2) is 47.5 Å². The van der Waals surface area contributed by atoms with Gasteiger partial charge in [0.1, 0.15) is 5.75 Å². The predicted octanol–water partition coefficient (Wildman–Crippen LogP) is 3.11. The van der Waals surface area contributed by atoms with E-state index < -0.39 is 0 Å². The number of phenolic OH excluding ortho intramolecular Hbond substituents is 1. The Morgan fingerprint density at radius 1 is 1.06 bits per heavy atom. The van der Waals surface area contributed by atoms with Crippen molar-refractivity contribution in [2.24, 2.45) is 4.99 Å². The van der Waals surface area contributed by atoms with Gasteiger partial charge in [-0.3, -0.25) is 4.99 Å². The summed E-state index contributed by atoms with van der Waals surface area (Å²) >= 11 is 0. The molecule has 0 aliphatic rings. The van der Waals surface area contributed by atoms with Crippen molar-refractivity contribution >= 4 is 30.8 Å². The molecule has 2 aromatic carbocycles. The molecule has 0 spiro atoms. The zero-order chi connectivity index (χ0) is 12.3. The Kier molecular flexibility index (Phi) is 5.21. The number of para-hydroxylation sites is 1. The number of aromatic hydroxyl groups is 1. The average molecular weight is 233 g/mol. The van der Waals surface area contributed by atoms with Crippen LogP contribution in [0.3, 0.4) is 0 Å². The molecule has 0 amide bonds. The van der Waals surface area contributed by atoms with Crippen LogP contribution in [-0.4, -0.2) is 30.2 Å². The maximum absolute atomic E-state index is 9.61. The van der Waals surface area contributed by atoms with Gasteiger partial charge in [-0.25, -0.2) is 0 Å². The van der Waals surface area contributed by atoms with Gasteiger partial charge in [-0.2, -0.15) is 0 Å². The minimum absolute atomic E-state index is 0. The van der Waals surface area contributed by atoms with E-state index >= 15 is 0 Å². The van der Waals surface area contributed by atoms with Gasteiger partial charge < -0.3 is 5.11 Å². The Morgan fingerprint density at radius 2 is 1.78 bits per heavy atom. The van der Waals surface area contributed by atoms with Gasteiger partial charge >= 0.3 is 18.9 Å². The maximum atomic E-state index is 9.61. The van der Waals surface area contributed by atoms with Gasteiger partial charge in [-0.15, -0.1) is 0 Å². The molecule has 0 bridgehead atoms. The standard InChI is InChI=1S/C15H15NO.Li.H/c1-11-7-8-14(12(2)9-11)16-10-13-5-3-4-6-15(13)17;;/h3-10,17H,1-2H3;;/b16-10+;;. The van der Waals surface area contributed by atoms with E-state index in [0.717, 1.165) is 16.8 Å². The third kappa shape index (κ3) is 3.50. The van der Waals surface area contributed by atoms with Crippen LogP contribution in [0.5, 0.6) is 5.75 Å². The fraction of sp³-hybridized carbons (Fsp3) is 0.133. The first-order valence-electron chi connectivity index (χ1n) is 5.56. The van der Waals surface area contributed by atoms with Crippen molar-refractivity contribution in [2.75, 3.05) is 0 Å². The van der Waals surface area contributed by atoms with Crippen LogP contribution in [0.2, 0.25) is 0 Å². The molecule has 0 unspecified atom stereocenters. The minimum atomic E-state index is 0. The number of aryl methyl sites for hydroxylation is 2. The molecule has 0 aliphatic carbocycles. The molecule has 18 heavy (non-hydrogen) atoms. The number of hydrogen-bond donors (Lipinski definition) is 1. The van der Waals surface area contributed by atoms with E-state index in [4.69, 9.17) is 0 Å². The Bertz CT molecular complexity index is 564. The number of rotatable bonds is 2. The normalized spacial score (nSPS) is 10.3. The SMILES string of the molecule is Cc1ccc(/N=C/c2ccccc2O)c(C)c1.[LiH]. The van der Waals surface area contributed by atoms with Gasteiger partial charge in [-0.1, -0.05) is 29.8 Å². The van der Waals surface area contributed by atoms with Gasteiger partial charge in [0.15, 0.2) is 0 Å². The van der Waals surface area contributed by atoms with Crippen molar-refractivity contribution in [1.82, 2.24) is 0 Å². The zero-order valence-electron chi connectivity index (χ0n) is 10.0. The predicted molar refractivity (Wildman–Crippen MR) is 78.4 cm³/mol. The van der Waals surface area contributed by atoms with Crippen LogP contribution in [0, 0.1) is 13.8 Å². The number of phenols is 1. The van der Waals surface area contributed by atoms with Crippen molar-refractivity contribution in [3.63, 3.8) is 0 Å². The Hall–Kier alpha value is -1.49. The molecule has 2 rings (SSSR count). The van der Waals surface area contributed by atoms with E-state index in [1.165, 1.54) is 5.56 Å². The van der Waals surface area contributed by atoms with Crippen LogP contribution in [-0.2, 0) is 0 Å². The third-order valence-electron chi connectivity index (χ3n) is 2.63. The molecule has 88 valence electrons. The number of nitrogens with zero attached hydrogens (tertiary/aromatic N) is 1.